The molecule has 2 rings (SSSR count). The van der Waals surface area contributed by atoms with Crippen LogP contribution in [-0.4, -0.2) is 21.1 Å². The van der Waals surface area contributed by atoms with E-state index in [4.69, 9.17) is 0 Å². The zero-order valence-electron chi connectivity index (χ0n) is 7.65. The minimum Gasteiger partial charge on any atom is -0.324 e. The first-order chi connectivity index (χ1) is 6.65. The van der Waals surface area contributed by atoms with Crippen LogP contribution < -0.4 is 0 Å². The highest BCUT2D eigenvalue weighted by atomic mass is 16.1. The lowest BCUT2D eigenvalue weighted by molar-refractivity contribution is 0.0987. The molecule has 0 N–H and O–H groups in total. The molecule has 0 unspecified atom stereocenters. The highest BCUT2D eigenvalue weighted by molar-refractivity contribution is 6.20. The molecule has 0 fully saturated rings. The summed E-state index contributed by atoms with van der Waals surface area (Å²) in [5, 5.41) is 0. The van der Waals surface area contributed by atoms with Gasteiger partial charge in [-0.2, -0.15) is 0 Å². The monoisotopic (exact) mass is 189 g/mol. The third-order valence-electron chi connectivity index (χ3n) is 2.17. The molecule has 0 aromatic carbocycles. The van der Waals surface area contributed by atoms with E-state index in [1.807, 2.05) is 0 Å². The summed E-state index contributed by atoms with van der Waals surface area (Å²) in [6.07, 6.45) is 4.02. The first-order valence-electron chi connectivity index (χ1n) is 4.11. The number of ketones is 2. The molecule has 0 radical (unpaired) electrons. The average molecular weight is 189 g/mol. The highest BCUT2D eigenvalue weighted by Gasteiger charge is 2.25. The van der Waals surface area contributed by atoms with Crippen molar-refractivity contribution in [2.75, 3.05) is 0 Å². The van der Waals surface area contributed by atoms with Gasteiger partial charge in [0.05, 0.1) is 0 Å². The van der Waals surface area contributed by atoms with Crippen molar-refractivity contribution in [2.24, 2.45) is 7.05 Å². The number of rotatable bonds is 1. The predicted molar refractivity (Wildman–Crippen MR) is 51.1 cm³/mol. The second-order valence-electron chi connectivity index (χ2n) is 2.99. The maximum absolute atomic E-state index is 11.4. The molecule has 1 aromatic heterocycles. The van der Waals surface area contributed by atoms with E-state index < -0.39 is 0 Å². The van der Waals surface area contributed by atoms with Gasteiger partial charge in [0.25, 0.3) is 0 Å². The summed E-state index contributed by atoms with van der Waals surface area (Å²) in [6, 6.07) is 0. The Morgan fingerprint density at radius 2 is 2.00 bits per heavy atom. The fraction of sp³-hybridized carbons (Fsp3) is 0.100. The lowest BCUT2D eigenvalue weighted by atomic mass is 10.1. The van der Waals surface area contributed by atoms with Gasteiger partial charge in [-0.3, -0.25) is 9.59 Å². The number of aromatic nitrogens is 2. The van der Waals surface area contributed by atoms with Gasteiger partial charge in [-0.25, -0.2) is 4.98 Å². The third-order valence-corrected chi connectivity index (χ3v) is 2.17. The Balaban J connectivity index is 2.75. The lowest BCUT2D eigenvalue weighted by Crippen LogP contribution is -2.14. The van der Waals surface area contributed by atoms with Crippen LogP contribution in [0.1, 0.15) is 26.8 Å². The number of imidazole rings is 1. The van der Waals surface area contributed by atoms with Crippen LogP contribution in [0.25, 0.3) is 6.08 Å². The summed E-state index contributed by atoms with van der Waals surface area (Å²) in [4.78, 5) is 26.8. The van der Waals surface area contributed by atoms with Crippen LogP contribution in [0.5, 0.6) is 0 Å². The number of carbonyl (C=O) groups excluding carboxylic acids is 2. The third kappa shape index (κ3) is 0.970. The summed E-state index contributed by atoms with van der Waals surface area (Å²) < 4.78 is 1.58. The molecule has 0 amide bonds. The smallest absolute Gasteiger partial charge is 0.206 e. The van der Waals surface area contributed by atoms with Gasteiger partial charge >= 0.3 is 0 Å². The largest absolute Gasteiger partial charge is 0.324 e. The first kappa shape index (κ1) is 8.62. The Labute approximate surface area is 80.6 Å². The Hall–Kier alpha value is -1.97. The summed E-state index contributed by atoms with van der Waals surface area (Å²) in [7, 11) is 1.69. The summed E-state index contributed by atoms with van der Waals surface area (Å²) in [5.41, 5.74) is 0.558. The van der Waals surface area contributed by atoms with E-state index in [1.165, 1.54) is 18.2 Å². The maximum Gasteiger partial charge on any atom is 0.206 e. The molecule has 1 heterocycles. The molecule has 0 saturated heterocycles. The van der Waals surface area contributed by atoms with Gasteiger partial charge in [0.2, 0.25) is 11.6 Å². The molecule has 70 valence electrons. The SMILES string of the molecule is C=[13CH]c1nc2c(n1C)C(=O)C=CC2=O. The number of hydrogen-bond donors (Lipinski definition) is 0. The van der Waals surface area contributed by atoms with E-state index in [1.54, 1.807) is 11.6 Å². The maximum atomic E-state index is 11.4. The summed E-state index contributed by atoms with van der Waals surface area (Å²) in [5.74, 6) is 0.103. The van der Waals surface area contributed by atoms with Crippen molar-refractivity contribution < 1.29 is 9.59 Å². The van der Waals surface area contributed by atoms with Crippen LogP contribution in [-0.2, 0) is 7.05 Å². The van der Waals surface area contributed by atoms with Gasteiger partial charge < -0.3 is 4.57 Å². The van der Waals surface area contributed by atoms with Gasteiger partial charge in [-0.1, -0.05) is 6.58 Å². The van der Waals surface area contributed by atoms with Crippen LogP contribution >= 0.6 is 0 Å². The van der Waals surface area contributed by atoms with Crippen LogP contribution in [0.2, 0.25) is 0 Å². The van der Waals surface area contributed by atoms with Gasteiger partial charge in [0.15, 0.2) is 0 Å². The fourth-order valence-corrected chi connectivity index (χ4v) is 1.46. The Morgan fingerprint density at radius 1 is 1.36 bits per heavy atom. The topological polar surface area (TPSA) is 52.0 Å². The molecule has 0 aliphatic heterocycles. The standard InChI is InChI=1S/C10H8N2O2/c1-3-8-11-9-6(13)4-5-7(14)10(9)12(8)2/h3-5H,1H2,2H3/i3+1. The molecule has 4 nitrogen and oxygen atoms in total. The molecular formula is C10H8N2O2. The zero-order chi connectivity index (χ0) is 10.3. The zero-order valence-corrected chi connectivity index (χ0v) is 7.65. The number of fused-ring (bicyclic) bond motifs is 1. The molecule has 14 heavy (non-hydrogen) atoms. The van der Waals surface area contributed by atoms with Crippen molar-refractivity contribution in [3.05, 3.63) is 35.9 Å². The molecule has 0 bridgehead atoms. The highest BCUT2D eigenvalue weighted by Crippen LogP contribution is 2.17. The van der Waals surface area contributed by atoms with Crippen molar-refractivity contribution in [2.45, 2.75) is 0 Å². The quantitative estimate of drug-likeness (QED) is 0.619. The average Bonchev–Trinajstić information content (AvgIpc) is 2.51. The number of carbonyl (C=O) groups is 2. The number of nitrogens with zero attached hydrogens (tertiary/aromatic N) is 2. The van der Waals surface area contributed by atoms with E-state index in [0.717, 1.165) is 0 Å². The number of allylic oxidation sites excluding steroid dienone is 2. The molecular weight excluding hydrogens is 181 g/mol. The fourth-order valence-electron chi connectivity index (χ4n) is 1.46. The van der Waals surface area contributed by atoms with E-state index in [2.05, 4.69) is 11.6 Å². The second-order valence-corrected chi connectivity index (χ2v) is 2.99. The van der Waals surface area contributed by atoms with Gasteiger partial charge in [0, 0.05) is 7.05 Å². The Bertz CT molecular complexity index is 481. The second kappa shape index (κ2) is 2.77. The predicted octanol–water partition coefficient (Wildman–Crippen LogP) is 0.998. The first-order valence-corrected chi connectivity index (χ1v) is 4.11. The molecule has 1 aliphatic carbocycles. The van der Waals surface area contributed by atoms with E-state index >= 15 is 0 Å². The van der Waals surface area contributed by atoms with Gasteiger partial charge in [-0.15, -0.1) is 0 Å². The molecule has 0 atom stereocenters. The minimum absolute atomic E-state index is 0.192. The number of hydrogen-bond acceptors (Lipinski definition) is 3. The molecule has 1 aliphatic rings. The Kier molecular flexibility index (Phi) is 1.70. The lowest BCUT2D eigenvalue weighted by Gasteiger charge is -2.03. The van der Waals surface area contributed by atoms with Gasteiger partial charge in [0.1, 0.15) is 17.2 Å². The van der Waals surface area contributed by atoms with Crippen molar-refractivity contribution in [3.8, 4) is 0 Å². The Morgan fingerprint density at radius 3 is 2.57 bits per heavy atom. The van der Waals surface area contributed by atoms with Crippen molar-refractivity contribution in [1.29, 1.82) is 0 Å². The minimum atomic E-state index is -0.233. The summed E-state index contributed by atoms with van der Waals surface area (Å²) >= 11 is 0. The van der Waals surface area contributed by atoms with Crippen molar-refractivity contribution in [1.82, 2.24) is 9.55 Å². The van der Waals surface area contributed by atoms with E-state index in [0.29, 0.717) is 11.5 Å². The molecule has 4 heteroatoms. The normalized spacial score (nSPS) is 14.4. The van der Waals surface area contributed by atoms with Crippen LogP contribution in [0.15, 0.2) is 18.7 Å². The molecule has 0 saturated carbocycles. The van der Waals surface area contributed by atoms with Crippen molar-refractivity contribution >= 4 is 17.6 Å². The van der Waals surface area contributed by atoms with Crippen LogP contribution in [0.4, 0.5) is 0 Å². The molecule has 1 aromatic rings. The van der Waals surface area contributed by atoms with Gasteiger partial charge in [-0.05, 0) is 18.2 Å². The van der Waals surface area contributed by atoms with E-state index in [9.17, 15) is 9.59 Å². The molecule has 0 spiro atoms. The summed E-state index contributed by atoms with van der Waals surface area (Å²) in [6.45, 7) is 3.56. The van der Waals surface area contributed by atoms with Crippen LogP contribution in [0.3, 0.4) is 0 Å². The van der Waals surface area contributed by atoms with E-state index in [-0.39, 0.29) is 17.3 Å². The van der Waals surface area contributed by atoms with Crippen molar-refractivity contribution in [3.63, 3.8) is 0 Å². The van der Waals surface area contributed by atoms with Crippen LogP contribution in [0, 0.1) is 0 Å².